The maximum atomic E-state index is 13.0. The average molecular weight is 295 g/mol. The topological polar surface area (TPSA) is 32.3 Å². The van der Waals surface area contributed by atoms with Crippen LogP contribution in [0.1, 0.15) is 70.0 Å². The van der Waals surface area contributed by atoms with Crippen LogP contribution < -0.4 is 5.32 Å². The Balaban J connectivity index is 1.96. The van der Waals surface area contributed by atoms with E-state index < -0.39 is 6.10 Å². The third-order valence-corrected chi connectivity index (χ3v) is 3.78. The standard InChI is InChI=1S/C18H30FNO/c1-2-3-4-5-6-7-8-9-13-20-15-18(21)16-11-10-12-17(19)14-16/h10-12,14,18,20-21H,2-9,13,15H2,1H3. The van der Waals surface area contributed by atoms with E-state index >= 15 is 0 Å². The molecule has 0 aliphatic rings. The van der Waals surface area contributed by atoms with Crippen LogP contribution in [0.3, 0.4) is 0 Å². The summed E-state index contributed by atoms with van der Waals surface area (Å²) < 4.78 is 13.0. The van der Waals surface area contributed by atoms with Crippen molar-refractivity contribution in [1.29, 1.82) is 0 Å². The first-order valence-electron chi connectivity index (χ1n) is 8.38. The quantitative estimate of drug-likeness (QED) is 0.553. The zero-order valence-electron chi connectivity index (χ0n) is 13.3. The number of unbranched alkanes of at least 4 members (excludes halogenated alkanes) is 7. The summed E-state index contributed by atoms with van der Waals surface area (Å²) in [6.45, 7) is 3.64. The molecule has 0 bridgehead atoms. The first kappa shape index (κ1) is 18.1. The Morgan fingerprint density at radius 3 is 2.38 bits per heavy atom. The third-order valence-electron chi connectivity index (χ3n) is 3.78. The highest BCUT2D eigenvalue weighted by molar-refractivity contribution is 5.18. The molecule has 21 heavy (non-hydrogen) atoms. The minimum absolute atomic E-state index is 0.297. The van der Waals surface area contributed by atoms with Gasteiger partial charge >= 0.3 is 0 Å². The molecule has 1 atom stereocenters. The van der Waals surface area contributed by atoms with Crippen molar-refractivity contribution in [2.75, 3.05) is 13.1 Å². The second-order valence-electron chi connectivity index (χ2n) is 5.75. The molecule has 0 saturated carbocycles. The molecular formula is C18H30FNO. The zero-order valence-corrected chi connectivity index (χ0v) is 13.3. The lowest BCUT2D eigenvalue weighted by atomic mass is 10.1. The lowest BCUT2D eigenvalue weighted by Gasteiger charge is -2.12. The van der Waals surface area contributed by atoms with Gasteiger partial charge in [0.1, 0.15) is 5.82 Å². The number of halogens is 1. The largest absolute Gasteiger partial charge is 0.387 e. The molecule has 1 unspecified atom stereocenters. The van der Waals surface area contributed by atoms with Gasteiger partial charge in [0.2, 0.25) is 0 Å². The molecule has 0 fully saturated rings. The van der Waals surface area contributed by atoms with Gasteiger partial charge in [-0.2, -0.15) is 0 Å². The molecule has 0 amide bonds. The first-order chi connectivity index (χ1) is 10.2. The third kappa shape index (κ3) is 8.84. The lowest BCUT2D eigenvalue weighted by Crippen LogP contribution is -2.22. The van der Waals surface area contributed by atoms with Crippen molar-refractivity contribution in [2.24, 2.45) is 0 Å². The molecule has 120 valence electrons. The number of hydrogen-bond acceptors (Lipinski definition) is 2. The molecule has 0 aliphatic heterocycles. The van der Waals surface area contributed by atoms with Gasteiger partial charge in [-0.15, -0.1) is 0 Å². The first-order valence-corrected chi connectivity index (χ1v) is 8.38. The summed E-state index contributed by atoms with van der Waals surface area (Å²) in [7, 11) is 0. The van der Waals surface area contributed by atoms with Crippen molar-refractivity contribution in [2.45, 2.75) is 64.4 Å². The van der Waals surface area contributed by atoms with E-state index in [1.54, 1.807) is 12.1 Å². The van der Waals surface area contributed by atoms with E-state index in [2.05, 4.69) is 12.2 Å². The van der Waals surface area contributed by atoms with Gasteiger partial charge in [-0.3, -0.25) is 0 Å². The summed E-state index contributed by atoms with van der Waals surface area (Å²) in [5.74, 6) is -0.297. The number of nitrogens with one attached hydrogen (secondary N) is 1. The van der Waals surface area contributed by atoms with Crippen LogP contribution in [0.2, 0.25) is 0 Å². The Kier molecular flexibility index (Phi) is 10.1. The lowest BCUT2D eigenvalue weighted by molar-refractivity contribution is 0.174. The Bertz CT molecular complexity index is 370. The Labute approximate surface area is 128 Å². The molecule has 0 aromatic heterocycles. The van der Waals surface area contributed by atoms with E-state index in [0.717, 1.165) is 13.0 Å². The van der Waals surface area contributed by atoms with Crippen molar-refractivity contribution in [3.63, 3.8) is 0 Å². The molecule has 3 heteroatoms. The average Bonchev–Trinajstić information content (AvgIpc) is 2.49. The predicted molar refractivity (Wildman–Crippen MR) is 86.8 cm³/mol. The van der Waals surface area contributed by atoms with Crippen LogP contribution in [0.5, 0.6) is 0 Å². The Morgan fingerprint density at radius 2 is 1.71 bits per heavy atom. The van der Waals surface area contributed by atoms with E-state index in [1.165, 1.54) is 57.1 Å². The molecule has 0 spiro atoms. The smallest absolute Gasteiger partial charge is 0.123 e. The predicted octanol–water partition coefficient (Wildman–Crippen LogP) is 4.59. The van der Waals surface area contributed by atoms with E-state index in [0.29, 0.717) is 12.1 Å². The number of aliphatic hydroxyl groups excluding tert-OH is 1. The molecule has 0 heterocycles. The van der Waals surface area contributed by atoms with Crippen LogP contribution in [0.25, 0.3) is 0 Å². The van der Waals surface area contributed by atoms with Crippen LogP contribution in [-0.2, 0) is 0 Å². The molecule has 2 N–H and O–H groups in total. The number of aliphatic hydroxyl groups is 1. The molecule has 0 radical (unpaired) electrons. The molecule has 1 rings (SSSR count). The van der Waals surface area contributed by atoms with Gasteiger partial charge in [-0.05, 0) is 30.7 Å². The highest BCUT2D eigenvalue weighted by atomic mass is 19.1. The summed E-state index contributed by atoms with van der Waals surface area (Å²) in [5.41, 5.74) is 0.637. The van der Waals surface area contributed by atoms with Gasteiger partial charge in [-0.25, -0.2) is 4.39 Å². The van der Waals surface area contributed by atoms with Gasteiger partial charge in [0.25, 0.3) is 0 Å². The van der Waals surface area contributed by atoms with Crippen molar-refractivity contribution in [1.82, 2.24) is 5.32 Å². The van der Waals surface area contributed by atoms with Crippen LogP contribution >= 0.6 is 0 Å². The second kappa shape index (κ2) is 11.7. The second-order valence-corrected chi connectivity index (χ2v) is 5.75. The van der Waals surface area contributed by atoms with Crippen molar-refractivity contribution in [3.05, 3.63) is 35.6 Å². The highest BCUT2D eigenvalue weighted by Gasteiger charge is 2.07. The summed E-state index contributed by atoms with van der Waals surface area (Å²) in [4.78, 5) is 0. The fourth-order valence-electron chi connectivity index (χ4n) is 2.45. The SMILES string of the molecule is CCCCCCCCCCNCC(O)c1cccc(F)c1. The maximum absolute atomic E-state index is 13.0. The summed E-state index contributed by atoms with van der Waals surface area (Å²) in [5, 5.41) is 13.2. The molecule has 2 nitrogen and oxygen atoms in total. The van der Waals surface area contributed by atoms with Crippen LogP contribution in [0.15, 0.2) is 24.3 Å². The summed E-state index contributed by atoms with van der Waals surface area (Å²) in [6, 6.07) is 6.17. The normalized spacial score (nSPS) is 12.5. The Hall–Kier alpha value is -0.930. The van der Waals surface area contributed by atoms with Gasteiger partial charge < -0.3 is 10.4 Å². The molecule has 1 aromatic rings. The molecule has 0 aliphatic carbocycles. The van der Waals surface area contributed by atoms with Crippen LogP contribution in [0, 0.1) is 5.82 Å². The Morgan fingerprint density at radius 1 is 1.05 bits per heavy atom. The fourth-order valence-corrected chi connectivity index (χ4v) is 2.45. The van der Waals surface area contributed by atoms with Crippen molar-refractivity contribution < 1.29 is 9.50 Å². The highest BCUT2D eigenvalue weighted by Crippen LogP contribution is 2.13. The zero-order chi connectivity index (χ0) is 15.3. The molecule has 1 aromatic carbocycles. The van der Waals surface area contributed by atoms with E-state index in [1.807, 2.05) is 0 Å². The van der Waals surface area contributed by atoms with E-state index in [4.69, 9.17) is 0 Å². The number of hydrogen-bond donors (Lipinski definition) is 2. The number of rotatable bonds is 12. The van der Waals surface area contributed by atoms with Gasteiger partial charge in [0.15, 0.2) is 0 Å². The maximum Gasteiger partial charge on any atom is 0.123 e. The van der Waals surface area contributed by atoms with Crippen LogP contribution in [-0.4, -0.2) is 18.2 Å². The van der Waals surface area contributed by atoms with Gasteiger partial charge in [0, 0.05) is 6.54 Å². The van der Waals surface area contributed by atoms with Gasteiger partial charge in [-0.1, -0.05) is 64.0 Å². The fraction of sp³-hybridized carbons (Fsp3) is 0.667. The monoisotopic (exact) mass is 295 g/mol. The van der Waals surface area contributed by atoms with Crippen LogP contribution in [0.4, 0.5) is 4.39 Å². The van der Waals surface area contributed by atoms with Crippen molar-refractivity contribution in [3.8, 4) is 0 Å². The van der Waals surface area contributed by atoms with Crippen molar-refractivity contribution >= 4 is 0 Å². The minimum Gasteiger partial charge on any atom is -0.387 e. The van der Waals surface area contributed by atoms with E-state index in [9.17, 15) is 9.50 Å². The van der Waals surface area contributed by atoms with E-state index in [-0.39, 0.29) is 5.82 Å². The van der Waals surface area contributed by atoms with Gasteiger partial charge in [0.05, 0.1) is 6.10 Å². The number of benzene rings is 1. The molecule has 0 saturated heterocycles. The molecular weight excluding hydrogens is 265 g/mol. The summed E-state index contributed by atoms with van der Waals surface area (Å²) in [6.07, 6.45) is 9.79. The summed E-state index contributed by atoms with van der Waals surface area (Å²) >= 11 is 0. The minimum atomic E-state index is -0.630.